The summed E-state index contributed by atoms with van der Waals surface area (Å²) in [6.45, 7) is 3.81. The third-order valence-corrected chi connectivity index (χ3v) is 6.89. The Morgan fingerprint density at radius 3 is 2.49 bits per heavy atom. The number of hydrogen-bond acceptors (Lipinski definition) is 6. The van der Waals surface area contributed by atoms with E-state index in [1.54, 1.807) is 24.1 Å². The number of piperidine rings is 1. The molecule has 2 heterocycles. The van der Waals surface area contributed by atoms with Gasteiger partial charge in [-0.1, -0.05) is 24.3 Å². The smallest absolute Gasteiger partial charge is 0.260 e. The maximum absolute atomic E-state index is 13.9. The summed E-state index contributed by atoms with van der Waals surface area (Å²) in [5, 5.41) is 0. The predicted molar refractivity (Wildman–Crippen MR) is 160 cm³/mol. The van der Waals surface area contributed by atoms with Crippen molar-refractivity contribution in [3.05, 3.63) is 66.0 Å². The predicted octanol–water partition coefficient (Wildman–Crippen LogP) is 6.62. The third kappa shape index (κ3) is 5.64. The maximum atomic E-state index is 13.9. The summed E-state index contributed by atoms with van der Waals surface area (Å²) in [5.74, 6) is 0.811. The number of carbonyl (C=O) groups excluding carboxylic acids is 2. The second-order valence-electron chi connectivity index (χ2n) is 9.17. The quantitative estimate of drug-likeness (QED) is 0.208. The number of nitrogens with one attached hydrogen (secondary N) is 1. The molecule has 1 N–H and O–H groups in total. The summed E-state index contributed by atoms with van der Waals surface area (Å²) in [6.07, 6.45) is 5.09. The van der Waals surface area contributed by atoms with E-state index in [1.807, 2.05) is 55.5 Å². The van der Waals surface area contributed by atoms with Crippen LogP contribution in [0.15, 0.2) is 59.6 Å². The van der Waals surface area contributed by atoms with Gasteiger partial charge in [0.15, 0.2) is 5.75 Å². The highest BCUT2D eigenvalue weighted by atomic mass is 35.5. The summed E-state index contributed by atoms with van der Waals surface area (Å²) < 4.78 is 5.74. The van der Waals surface area contributed by atoms with Crippen LogP contribution < -0.4 is 14.5 Å². The second kappa shape index (κ2) is 12.8. The molecule has 0 atom stereocenters. The van der Waals surface area contributed by atoms with Crippen LogP contribution >= 0.6 is 24.8 Å². The van der Waals surface area contributed by atoms with Gasteiger partial charge in [-0.2, -0.15) is 4.99 Å². The number of aromatic nitrogens is 2. The van der Waals surface area contributed by atoms with Gasteiger partial charge >= 0.3 is 0 Å². The number of aryl methyl sites for hydroxylation is 1. The number of para-hydroxylation sites is 3. The van der Waals surface area contributed by atoms with Gasteiger partial charge in [-0.25, -0.2) is 9.78 Å². The molecule has 10 heteroatoms. The average molecular weight is 569 g/mol. The lowest BCUT2D eigenvalue weighted by Crippen LogP contribution is -2.33. The van der Waals surface area contributed by atoms with Crippen LogP contribution in [0, 0.1) is 6.92 Å². The first kappa shape index (κ1) is 29.7. The van der Waals surface area contributed by atoms with Crippen LogP contribution in [0.3, 0.4) is 0 Å². The SMILES string of the molecule is COc1c(-c2cccc3[nH]c(C)nc23)ccc(C(=O)N(C)c2ccccc2N2CCCCC2)c1N=C=O.Cl.Cl. The number of imidazole rings is 1. The first-order chi connectivity index (χ1) is 18.0. The molecule has 1 amide bonds. The van der Waals surface area contributed by atoms with Gasteiger partial charge in [0.05, 0.1) is 35.1 Å². The molecule has 0 spiro atoms. The Hall–Kier alpha value is -3.84. The highest BCUT2D eigenvalue weighted by Crippen LogP contribution is 2.43. The number of H-pyrrole nitrogens is 1. The van der Waals surface area contributed by atoms with Gasteiger partial charge in [0.1, 0.15) is 11.5 Å². The van der Waals surface area contributed by atoms with Gasteiger partial charge in [0.2, 0.25) is 6.08 Å². The lowest BCUT2D eigenvalue weighted by molar-refractivity contribution is 0.0993. The zero-order valence-corrected chi connectivity index (χ0v) is 23.7. The standard InChI is InChI=1S/C29H29N5O3.2ClH/c1-19-31-23-11-9-10-20(26(23)32-19)21-14-15-22(27(30-18-35)28(21)37-3)29(36)33(2)24-12-5-6-13-25(24)34-16-7-4-8-17-34;;/h5-6,9-15H,4,7-8,16-17H2,1-3H3,(H,31,32);2*1H. The van der Waals surface area contributed by atoms with Crippen molar-refractivity contribution in [1.29, 1.82) is 0 Å². The molecule has 1 fully saturated rings. The molecular formula is C29H31Cl2N5O3. The average Bonchev–Trinajstić information content (AvgIpc) is 3.33. The number of methoxy groups -OCH3 is 1. The highest BCUT2D eigenvalue weighted by molar-refractivity contribution is 6.12. The van der Waals surface area contributed by atoms with E-state index >= 15 is 0 Å². The van der Waals surface area contributed by atoms with Crippen molar-refractivity contribution in [2.24, 2.45) is 4.99 Å². The van der Waals surface area contributed by atoms with Gasteiger partial charge in [-0.05, 0) is 56.5 Å². The molecule has 0 bridgehead atoms. The minimum Gasteiger partial charge on any atom is -0.494 e. The molecule has 0 aliphatic carbocycles. The van der Waals surface area contributed by atoms with Crippen LogP contribution in [0.4, 0.5) is 17.1 Å². The van der Waals surface area contributed by atoms with Gasteiger partial charge in [-0.3, -0.25) is 4.79 Å². The fraction of sp³-hybridized carbons (Fsp3) is 0.276. The number of nitrogens with zero attached hydrogens (tertiary/aromatic N) is 4. The van der Waals surface area contributed by atoms with Crippen LogP contribution in [-0.4, -0.2) is 49.2 Å². The minimum absolute atomic E-state index is 0. The van der Waals surface area contributed by atoms with E-state index in [0.717, 1.165) is 59.7 Å². The van der Waals surface area contributed by atoms with E-state index in [2.05, 4.69) is 19.9 Å². The molecule has 0 radical (unpaired) electrons. The normalized spacial score (nSPS) is 12.6. The number of carbonyl (C=O) groups is 1. The molecule has 1 saturated heterocycles. The zero-order valence-electron chi connectivity index (χ0n) is 22.1. The zero-order chi connectivity index (χ0) is 25.9. The first-order valence-corrected chi connectivity index (χ1v) is 12.4. The van der Waals surface area contributed by atoms with E-state index in [9.17, 15) is 9.59 Å². The fourth-order valence-corrected chi connectivity index (χ4v) is 5.13. The number of benzene rings is 3. The molecule has 204 valence electrons. The molecule has 3 aromatic carbocycles. The van der Waals surface area contributed by atoms with Crippen molar-refractivity contribution in [1.82, 2.24) is 9.97 Å². The third-order valence-electron chi connectivity index (χ3n) is 6.89. The molecule has 1 aromatic heterocycles. The Balaban J connectivity index is 0.00000210. The monoisotopic (exact) mass is 567 g/mol. The minimum atomic E-state index is -0.294. The molecule has 0 saturated carbocycles. The van der Waals surface area contributed by atoms with Crippen molar-refractivity contribution < 1.29 is 14.3 Å². The number of rotatable bonds is 6. The summed E-state index contributed by atoms with van der Waals surface area (Å²) >= 11 is 0. The van der Waals surface area contributed by atoms with Crippen LogP contribution in [0.5, 0.6) is 5.75 Å². The van der Waals surface area contributed by atoms with Crippen molar-refractivity contribution >= 4 is 64.9 Å². The van der Waals surface area contributed by atoms with E-state index in [1.165, 1.54) is 13.5 Å². The van der Waals surface area contributed by atoms with Crippen molar-refractivity contribution in [2.45, 2.75) is 26.2 Å². The molecule has 4 aromatic rings. The molecule has 5 rings (SSSR count). The summed E-state index contributed by atoms with van der Waals surface area (Å²) in [5.41, 5.74) is 5.36. The number of aromatic amines is 1. The summed E-state index contributed by atoms with van der Waals surface area (Å²) in [7, 11) is 3.25. The fourth-order valence-electron chi connectivity index (χ4n) is 5.13. The Labute approximate surface area is 239 Å². The number of ether oxygens (including phenoxy) is 1. The van der Waals surface area contributed by atoms with Crippen molar-refractivity contribution in [2.75, 3.05) is 37.0 Å². The van der Waals surface area contributed by atoms with Crippen molar-refractivity contribution in [3.8, 4) is 16.9 Å². The number of anilines is 2. The first-order valence-electron chi connectivity index (χ1n) is 12.4. The van der Waals surface area contributed by atoms with Crippen LogP contribution in [0.2, 0.25) is 0 Å². The van der Waals surface area contributed by atoms with Crippen LogP contribution in [0.25, 0.3) is 22.2 Å². The molecule has 0 unspecified atom stereocenters. The Bertz CT molecular complexity index is 1520. The largest absolute Gasteiger partial charge is 0.494 e. The van der Waals surface area contributed by atoms with Gasteiger partial charge < -0.3 is 19.5 Å². The van der Waals surface area contributed by atoms with Crippen LogP contribution in [-0.2, 0) is 4.79 Å². The Morgan fingerprint density at radius 1 is 1.03 bits per heavy atom. The molecular weight excluding hydrogens is 537 g/mol. The maximum Gasteiger partial charge on any atom is 0.260 e. The molecule has 8 nitrogen and oxygen atoms in total. The number of halogens is 2. The summed E-state index contributed by atoms with van der Waals surface area (Å²) in [4.78, 5) is 41.1. The Kier molecular flexibility index (Phi) is 9.76. The van der Waals surface area contributed by atoms with Gasteiger partial charge in [0, 0.05) is 31.3 Å². The van der Waals surface area contributed by atoms with Gasteiger partial charge in [0.25, 0.3) is 5.91 Å². The van der Waals surface area contributed by atoms with E-state index < -0.39 is 0 Å². The Morgan fingerprint density at radius 2 is 1.77 bits per heavy atom. The number of amides is 1. The van der Waals surface area contributed by atoms with Crippen molar-refractivity contribution in [3.63, 3.8) is 0 Å². The summed E-state index contributed by atoms with van der Waals surface area (Å²) in [6, 6.07) is 17.2. The van der Waals surface area contributed by atoms with E-state index in [0.29, 0.717) is 11.3 Å². The second-order valence-corrected chi connectivity index (χ2v) is 9.17. The topological polar surface area (TPSA) is 90.9 Å². The lowest BCUT2D eigenvalue weighted by Gasteiger charge is -2.32. The molecule has 39 heavy (non-hydrogen) atoms. The number of fused-ring (bicyclic) bond motifs is 1. The highest BCUT2D eigenvalue weighted by Gasteiger charge is 2.26. The van der Waals surface area contributed by atoms with Gasteiger partial charge in [-0.15, -0.1) is 24.8 Å². The number of isocyanates is 1. The molecule has 1 aliphatic rings. The van der Waals surface area contributed by atoms with Crippen LogP contribution in [0.1, 0.15) is 35.4 Å². The van der Waals surface area contributed by atoms with E-state index in [-0.39, 0.29) is 42.0 Å². The number of aliphatic imine (C=N–C) groups is 1. The lowest BCUT2D eigenvalue weighted by atomic mass is 9.98. The molecule has 1 aliphatic heterocycles. The number of hydrogen-bond donors (Lipinski definition) is 1. The van der Waals surface area contributed by atoms with E-state index in [4.69, 9.17) is 4.74 Å².